The molecule has 5 rings (SSSR count). The van der Waals surface area contributed by atoms with Crippen LogP contribution in [0.4, 0.5) is 0 Å². The zero-order chi connectivity index (χ0) is 52.7. The summed E-state index contributed by atoms with van der Waals surface area (Å²) >= 11 is 0. The maximum absolute atomic E-state index is 13.1. The summed E-state index contributed by atoms with van der Waals surface area (Å²) in [6.45, 7) is 0. The van der Waals surface area contributed by atoms with Crippen molar-refractivity contribution < 1.29 is 125 Å². The Morgan fingerprint density at radius 2 is 0.536 bits per heavy atom. The normalized spacial score (nSPS) is 16.6. The average molecular weight is 1130 g/mol. The number of methoxy groups -OCH3 is 1. The Balaban J connectivity index is 2.08. The van der Waals surface area contributed by atoms with Crippen molar-refractivity contribution in [3.63, 3.8) is 0 Å². The van der Waals surface area contributed by atoms with Crippen molar-refractivity contribution in [1.29, 1.82) is 0 Å². The number of benzene rings is 4. The molecule has 21 N–H and O–H groups in total. The Morgan fingerprint density at radius 1 is 0.362 bits per heavy atom. The summed E-state index contributed by atoms with van der Waals surface area (Å²) in [5.41, 5.74) is 2.91. The quantitative estimate of drug-likeness (QED) is 0.0754. The molecule has 69 heavy (non-hydrogen) atoms. The summed E-state index contributed by atoms with van der Waals surface area (Å²) in [6, 6.07) is 5.49. The van der Waals surface area contributed by atoms with E-state index in [4.69, 9.17) is 15.7 Å². The highest BCUT2D eigenvalue weighted by Gasteiger charge is 2.48. The fourth-order valence-electron chi connectivity index (χ4n) is 8.31. The summed E-state index contributed by atoms with van der Waals surface area (Å²) in [5.74, 6) is -3.32. The number of phenols is 3. The smallest absolute Gasteiger partial charge is 0.345 e. The van der Waals surface area contributed by atoms with Gasteiger partial charge in [-0.05, 0) is 66.8 Å². The molecule has 4 aromatic carbocycles. The standard InChI is InChI=1S/C33H44N2O26P8/c1-61-29-20-4-18-10-24(32(66(49,50)51)67(52,53)54)8-16(27(18)37)2-14-6-23(31(64(43,44)45)65(46,47)48)7-15(26(14)36)3-17-9-25(33(68(55,56)57)69(58,59)60)11-19(28(17)38)5-21(29)13-22(12-20)30(62(34,39)40)63(35,41)42/h6-13,30-33,36-38H,2-5H2,1H3,(H3,34,39,40)(H3,35,41,42)(H2,43,44,45)(H2,46,47,48)(H2,49,50,51)(H2,52,53,54)(H2,55,56,57)(H2,58,59,60). The molecule has 382 valence electrons. The highest BCUT2D eigenvalue weighted by Crippen LogP contribution is 2.73. The van der Waals surface area contributed by atoms with Gasteiger partial charge in [0.2, 0.25) is 0 Å². The molecule has 1 aliphatic rings. The third-order valence-corrected chi connectivity index (χ3v) is 25.7. The molecule has 0 radical (unpaired) electrons. The van der Waals surface area contributed by atoms with Gasteiger partial charge in [0.1, 0.15) is 23.0 Å². The molecule has 36 heteroatoms. The summed E-state index contributed by atoms with van der Waals surface area (Å²) < 4.78 is 108. The van der Waals surface area contributed by atoms with Crippen molar-refractivity contribution in [1.82, 2.24) is 0 Å². The molecule has 1 aliphatic carbocycles. The molecule has 28 nitrogen and oxygen atoms in total. The summed E-state index contributed by atoms with van der Waals surface area (Å²) in [7, 11) is -45.3. The molecular formula is C33H44N2O26P8. The van der Waals surface area contributed by atoms with Crippen LogP contribution >= 0.6 is 60.6 Å². The lowest BCUT2D eigenvalue weighted by Gasteiger charge is -2.26. The lowest BCUT2D eigenvalue weighted by molar-refractivity contribution is 0.335. The lowest BCUT2D eigenvalue weighted by atomic mass is 9.88. The third kappa shape index (κ3) is 12.7. The number of fused-ring (bicyclic) bond motifs is 8. The van der Waals surface area contributed by atoms with Gasteiger partial charge in [-0.25, -0.2) is 0 Å². The molecule has 8 bridgehead atoms. The molecule has 0 fully saturated rings. The van der Waals surface area contributed by atoms with Gasteiger partial charge < -0.3 is 88.6 Å². The second-order valence-electron chi connectivity index (χ2n) is 16.0. The zero-order valence-electron chi connectivity index (χ0n) is 34.8. The molecular weight excluding hydrogens is 1090 g/mol. The minimum absolute atomic E-state index is 0.372. The second-order valence-corrected chi connectivity index (χ2v) is 31.5. The van der Waals surface area contributed by atoms with Crippen molar-refractivity contribution >= 4 is 60.6 Å². The van der Waals surface area contributed by atoms with Crippen LogP contribution in [0.5, 0.6) is 23.0 Å². The van der Waals surface area contributed by atoms with Crippen molar-refractivity contribution in [3.8, 4) is 23.0 Å². The number of hydrogen-bond acceptors (Lipinski definition) is 12. The first-order valence-corrected chi connectivity index (χ1v) is 32.4. The Bertz CT molecular complexity index is 2900. The number of phenolic OH excluding ortho intramolecular Hbond substituents is 3. The number of nitrogens with two attached hydrogens (primary N) is 2. The van der Waals surface area contributed by atoms with Gasteiger partial charge in [0.25, 0.3) is 15.0 Å². The Morgan fingerprint density at radius 3 is 0.710 bits per heavy atom. The Kier molecular flexibility index (Phi) is 16.0. The van der Waals surface area contributed by atoms with E-state index in [0.717, 1.165) is 19.2 Å². The predicted octanol–water partition coefficient (Wildman–Crippen LogP) is 2.84. The molecule has 4 aromatic rings. The van der Waals surface area contributed by atoms with E-state index in [1.807, 2.05) is 0 Å². The number of hydrogen-bond donors (Lipinski definition) is 19. The molecule has 0 aromatic heterocycles. The minimum atomic E-state index is -5.95. The van der Waals surface area contributed by atoms with Gasteiger partial charge in [0.15, 0.2) is 21.6 Å². The summed E-state index contributed by atoms with van der Waals surface area (Å²) in [5, 5.41) is 24.0. The highest BCUT2D eigenvalue weighted by molar-refractivity contribution is 7.73. The van der Waals surface area contributed by atoms with Crippen LogP contribution in [-0.4, -0.2) is 90.9 Å². The first kappa shape index (κ1) is 57.2. The molecule has 0 amide bonds. The maximum atomic E-state index is 13.1. The van der Waals surface area contributed by atoms with E-state index in [9.17, 15) is 120 Å². The average Bonchev–Trinajstić information content (AvgIpc) is 3.08. The minimum Gasteiger partial charge on any atom is -0.507 e. The number of rotatable bonds is 13. The maximum Gasteiger partial charge on any atom is 0.345 e. The Labute approximate surface area is 388 Å². The van der Waals surface area contributed by atoms with Crippen LogP contribution < -0.4 is 15.7 Å². The van der Waals surface area contributed by atoms with E-state index in [-0.39, 0.29) is 11.1 Å². The largest absolute Gasteiger partial charge is 0.507 e. The molecule has 0 saturated carbocycles. The summed E-state index contributed by atoms with van der Waals surface area (Å²) in [4.78, 5) is 144. The zero-order valence-corrected chi connectivity index (χ0v) is 41.9. The van der Waals surface area contributed by atoms with Gasteiger partial charge in [-0.2, -0.15) is 0 Å². The molecule has 0 saturated heterocycles. The van der Waals surface area contributed by atoms with Crippen molar-refractivity contribution in [2.75, 3.05) is 7.11 Å². The predicted molar refractivity (Wildman–Crippen MR) is 240 cm³/mol. The summed E-state index contributed by atoms with van der Waals surface area (Å²) in [6.07, 6.45) is -3.90. The van der Waals surface area contributed by atoms with E-state index < -0.39 is 187 Å². The number of aromatic hydroxyl groups is 3. The molecule has 0 spiro atoms. The highest BCUT2D eigenvalue weighted by atomic mass is 31.3. The lowest BCUT2D eigenvalue weighted by Crippen LogP contribution is -2.13. The molecule has 0 heterocycles. The van der Waals surface area contributed by atoms with Gasteiger partial charge in [-0.3, -0.25) is 47.5 Å². The van der Waals surface area contributed by atoms with Gasteiger partial charge in [0.05, 0.1) is 7.11 Å². The molecule has 0 aliphatic heterocycles. The fraction of sp³-hybridized carbons (Fsp3) is 0.273. The topological polar surface area (TPSA) is 542 Å². The number of ether oxygens (including phenoxy) is 1. The van der Waals surface area contributed by atoms with E-state index in [2.05, 4.69) is 0 Å². The van der Waals surface area contributed by atoms with Gasteiger partial charge in [0, 0.05) is 25.7 Å². The van der Waals surface area contributed by atoms with Crippen LogP contribution in [0.2, 0.25) is 0 Å². The van der Waals surface area contributed by atoms with Crippen LogP contribution in [0.15, 0.2) is 48.5 Å². The van der Waals surface area contributed by atoms with Crippen molar-refractivity contribution in [2.24, 2.45) is 11.0 Å². The fourth-order valence-corrected chi connectivity index (χ4v) is 19.3. The Hall–Kier alpha value is -2.72. The SMILES string of the molecule is COc1c2cc(C(P(N)(=O)O)P(N)(=O)O)cc1Cc1cc(C(P(=O)(O)O)P(=O)(O)O)cc(c1O)Cc1cc(C(P(=O)(O)O)P(=O)(O)O)cc(c1O)Cc1cc(C(P(=O)(O)O)P(=O)(O)O)cc(c1O)C2. The van der Waals surface area contributed by atoms with E-state index in [1.165, 1.54) is 0 Å². The van der Waals surface area contributed by atoms with Crippen LogP contribution in [0.3, 0.4) is 0 Å². The van der Waals surface area contributed by atoms with Crippen LogP contribution in [0.25, 0.3) is 0 Å². The van der Waals surface area contributed by atoms with Crippen LogP contribution in [0, 0.1) is 0 Å². The molecule has 2 unspecified atom stereocenters. The van der Waals surface area contributed by atoms with Crippen molar-refractivity contribution in [3.05, 3.63) is 115 Å². The van der Waals surface area contributed by atoms with Crippen molar-refractivity contribution in [2.45, 2.75) is 47.3 Å². The monoisotopic (exact) mass is 1130 g/mol. The van der Waals surface area contributed by atoms with Gasteiger partial charge in [-0.15, -0.1) is 0 Å². The van der Waals surface area contributed by atoms with E-state index in [0.29, 0.717) is 36.4 Å². The molecule has 2 atom stereocenters. The second kappa shape index (κ2) is 19.3. The van der Waals surface area contributed by atoms with Gasteiger partial charge >= 0.3 is 45.6 Å². The van der Waals surface area contributed by atoms with Gasteiger partial charge in [-0.1, -0.05) is 48.5 Å². The van der Waals surface area contributed by atoms with E-state index >= 15 is 0 Å². The van der Waals surface area contributed by atoms with Crippen LogP contribution in [0.1, 0.15) is 88.4 Å². The third-order valence-electron chi connectivity index (χ3n) is 10.7. The van der Waals surface area contributed by atoms with E-state index in [1.54, 1.807) is 0 Å². The van der Waals surface area contributed by atoms with Crippen LogP contribution in [-0.2, 0) is 62.2 Å². The first-order chi connectivity index (χ1) is 31.0. The first-order valence-electron chi connectivity index (χ1n) is 18.7.